The molecule has 0 atom stereocenters. The Kier molecular flexibility index (Phi) is 7.48. The predicted octanol–water partition coefficient (Wildman–Crippen LogP) is 0.979. The van der Waals surface area contributed by atoms with Crippen molar-refractivity contribution in [3.8, 4) is 0 Å². The van der Waals surface area contributed by atoms with Crippen LogP contribution in [0.2, 0.25) is 0 Å². The molecular formula is C15H31N3O2. The molecule has 0 spiro atoms. The molecule has 1 rings (SSSR count). The number of unbranched alkanes of at least 4 members (excludes halogenated alkanes) is 1. The Bertz CT molecular complexity index is 289. The molecule has 1 saturated heterocycles. The van der Waals surface area contributed by atoms with E-state index in [0.717, 1.165) is 38.8 Å². The number of carbonyl (C=O) groups excluding carboxylic acids is 1. The van der Waals surface area contributed by atoms with Crippen LogP contribution in [0.25, 0.3) is 0 Å². The summed E-state index contributed by atoms with van der Waals surface area (Å²) in [6.45, 7) is 7.90. The van der Waals surface area contributed by atoms with E-state index in [4.69, 9.17) is 10.5 Å². The lowest BCUT2D eigenvalue weighted by Crippen LogP contribution is -2.49. The van der Waals surface area contributed by atoms with Gasteiger partial charge in [-0.3, -0.25) is 4.79 Å². The first-order valence-electron chi connectivity index (χ1n) is 7.78. The molecular weight excluding hydrogens is 254 g/mol. The summed E-state index contributed by atoms with van der Waals surface area (Å²) < 4.78 is 5.33. The molecule has 0 aromatic rings. The third kappa shape index (κ3) is 5.04. The van der Waals surface area contributed by atoms with Crippen LogP contribution in [0.4, 0.5) is 0 Å². The van der Waals surface area contributed by atoms with E-state index in [1.54, 1.807) is 0 Å². The molecule has 1 fully saturated rings. The van der Waals surface area contributed by atoms with Crippen molar-refractivity contribution < 1.29 is 9.53 Å². The van der Waals surface area contributed by atoms with Gasteiger partial charge in [0.1, 0.15) is 0 Å². The number of nitrogens with two attached hydrogens (primary N) is 1. The van der Waals surface area contributed by atoms with Crippen LogP contribution in [-0.2, 0) is 9.53 Å². The average molecular weight is 285 g/mol. The zero-order valence-electron chi connectivity index (χ0n) is 13.3. The number of hydrogen-bond donors (Lipinski definition) is 2. The first-order valence-corrected chi connectivity index (χ1v) is 7.78. The number of nitrogens with zero attached hydrogens (tertiary/aromatic N) is 1. The van der Waals surface area contributed by atoms with Gasteiger partial charge < -0.3 is 20.7 Å². The SMILES string of the molecule is CC(C)N(C)CCCCNC(=O)C1(CN)CCOCC1. The molecule has 5 nitrogen and oxygen atoms in total. The van der Waals surface area contributed by atoms with Gasteiger partial charge >= 0.3 is 0 Å². The third-order valence-corrected chi connectivity index (χ3v) is 4.43. The highest BCUT2D eigenvalue weighted by Crippen LogP contribution is 2.29. The van der Waals surface area contributed by atoms with Crippen molar-refractivity contribution in [2.75, 3.05) is 39.9 Å². The number of carbonyl (C=O) groups is 1. The molecule has 3 N–H and O–H groups in total. The smallest absolute Gasteiger partial charge is 0.227 e. The molecule has 1 amide bonds. The number of nitrogens with one attached hydrogen (secondary N) is 1. The summed E-state index contributed by atoms with van der Waals surface area (Å²) in [6, 6.07) is 0.576. The van der Waals surface area contributed by atoms with Gasteiger partial charge in [-0.05, 0) is 53.1 Å². The molecule has 0 aromatic carbocycles. The van der Waals surface area contributed by atoms with Gasteiger partial charge in [-0.15, -0.1) is 0 Å². The standard InChI is InChI=1S/C15H31N3O2/c1-13(2)18(3)9-5-4-8-17-14(19)15(12-16)6-10-20-11-7-15/h13H,4-12,16H2,1-3H3,(H,17,19). The predicted molar refractivity (Wildman–Crippen MR) is 81.6 cm³/mol. The molecule has 0 aromatic heterocycles. The van der Waals surface area contributed by atoms with Gasteiger partial charge in [-0.25, -0.2) is 0 Å². The lowest BCUT2D eigenvalue weighted by Gasteiger charge is -2.34. The van der Waals surface area contributed by atoms with Crippen molar-refractivity contribution in [2.45, 2.75) is 45.6 Å². The zero-order chi connectivity index (χ0) is 15.0. The lowest BCUT2D eigenvalue weighted by molar-refractivity contribution is -0.135. The van der Waals surface area contributed by atoms with E-state index in [1.165, 1.54) is 0 Å². The average Bonchev–Trinajstić information content (AvgIpc) is 2.46. The highest BCUT2D eigenvalue weighted by atomic mass is 16.5. The van der Waals surface area contributed by atoms with E-state index in [1.807, 2.05) is 0 Å². The first-order chi connectivity index (χ1) is 9.52. The summed E-state index contributed by atoms with van der Waals surface area (Å²) in [4.78, 5) is 14.6. The Hall–Kier alpha value is -0.650. The Morgan fingerprint density at radius 3 is 2.55 bits per heavy atom. The van der Waals surface area contributed by atoms with Crippen LogP contribution in [0.3, 0.4) is 0 Å². The number of ether oxygens (including phenoxy) is 1. The summed E-state index contributed by atoms with van der Waals surface area (Å²) in [5, 5.41) is 3.05. The maximum atomic E-state index is 12.3. The topological polar surface area (TPSA) is 67.6 Å². The number of amides is 1. The molecule has 1 aliphatic rings. The third-order valence-electron chi connectivity index (χ3n) is 4.43. The second kappa shape index (κ2) is 8.60. The molecule has 5 heteroatoms. The number of rotatable bonds is 8. The lowest BCUT2D eigenvalue weighted by atomic mass is 9.79. The molecule has 118 valence electrons. The van der Waals surface area contributed by atoms with Gasteiger partial charge in [-0.1, -0.05) is 0 Å². The fraction of sp³-hybridized carbons (Fsp3) is 0.933. The van der Waals surface area contributed by atoms with E-state index in [2.05, 4.69) is 31.1 Å². The fourth-order valence-corrected chi connectivity index (χ4v) is 2.42. The number of hydrogen-bond acceptors (Lipinski definition) is 4. The first kappa shape index (κ1) is 17.4. The van der Waals surface area contributed by atoms with Gasteiger partial charge in [0.15, 0.2) is 0 Å². The van der Waals surface area contributed by atoms with Gasteiger partial charge in [-0.2, -0.15) is 0 Å². The molecule has 1 heterocycles. The van der Waals surface area contributed by atoms with Crippen molar-refractivity contribution in [1.29, 1.82) is 0 Å². The second-order valence-electron chi connectivity index (χ2n) is 6.13. The van der Waals surface area contributed by atoms with Crippen LogP contribution in [0.1, 0.15) is 39.5 Å². The van der Waals surface area contributed by atoms with Crippen molar-refractivity contribution in [2.24, 2.45) is 11.1 Å². The maximum absolute atomic E-state index is 12.3. The summed E-state index contributed by atoms with van der Waals surface area (Å²) in [5.74, 6) is 0.112. The normalized spacial score (nSPS) is 18.5. The van der Waals surface area contributed by atoms with Crippen LogP contribution in [0, 0.1) is 5.41 Å². The molecule has 1 aliphatic heterocycles. The highest BCUT2D eigenvalue weighted by molar-refractivity contribution is 5.83. The Balaban J connectivity index is 2.22. The summed E-state index contributed by atoms with van der Waals surface area (Å²) >= 11 is 0. The van der Waals surface area contributed by atoms with Crippen molar-refractivity contribution in [1.82, 2.24) is 10.2 Å². The summed E-state index contributed by atoms with van der Waals surface area (Å²) in [7, 11) is 2.13. The Morgan fingerprint density at radius 1 is 1.35 bits per heavy atom. The van der Waals surface area contributed by atoms with Crippen LogP contribution in [0.15, 0.2) is 0 Å². The quantitative estimate of drug-likeness (QED) is 0.652. The largest absolute Gasteiger partial charge is 0.381 e. The fourth-order valence-electron chi connectivity index (χ4n) is 2.42. The minimum absolute atomic E-state index is 0.112. The summed E-state index contributed by atoms with van der Waals surface area (Å²) in [6.07, 6.45) is 3.60. The van der Waals surface area contributed by atoms with Crippen LogP contribution in [-0.4, -0.2) is 56.7 Å². The minimum Gasteiger partial charge on any atom is -0.381 e. The van der Waals surface area contributed by atoms with E-state index in [9.17, 15) is 4.79 Å². The van der Waals surface area contributed by atoms with E-state index in [0.29, 0.717) is 25.8 Å². The Morgan fingerprint density at radius 2 is 2.00 bits per heavy atom. The molecule has 0 saturated carbocycles. The molecule has 20 heavy (non-hydrogen) atoms. The molecule has 0 bridgehead atoms. The Labute approximate surface area is 123 Å². The molecule has 0 aliphatic carbocycles. The van der Waals surface area contributed by atoms with Gasteiger partial charge in [0.05, 0.1) is 5.41 Å². The highest BCUT2D eigenvalue weighted by Gasteiger charge is 2.38. The molecule has 0 unspecified atom stereocenters. The van der Waals surface area contributed by atoms with Crippen LogP contribution < -0.4 is 11.1 Å². The van der Waals surface area contributed by atoms with Crippen molar-refractivity contribution in [3.05, 3.63) is 0 Å². The van der Waals surface area contributed by atoms with Crippen LogP contribution in [0.5, 0.6) is 0 Å². The summed E-state index contributed by atoms with van der Waals surface area (Å²) in [5.41, 5.74) is 5.42. The zero-order valence-corrected chi connectivity index (χ0v) is 13.3. The molecule has 0 radical (unpaired) electrons. The van der Waals surface area contributed by atoms with Crippen molar-refractivity contribution >= 4 is 5.91 Å². The monoisotopic (exact) mass is 285 g/mol. The van der Waals surface area contributed by atoms with Crippen LogP contribution >= 0.6 is 0 Å². The van der Waals surface area contributed by atoms with Gasteiger partial charge in [0.2, 0.25) is 5.91 Å². The minimum atomic E-state index is -0.396. The second-order valence-corrected chi connectivity index (χ2v) is 6.13. The van der Waals surface area contributed by atoms with Gasteiger partial charge in [0.25, 0.3) is 0 Å². The maximum Gasteiger partial charge on any atom is 0.227 e. The van der Waals surface area contributed by atoms with E-state index in [-0.39, 0.29) is 5.91 Å². The van der Waals surface area contributed by atoms with Crippen molar-refractivity contribution in [3.63, 3.8) is 0 Å². The van der Waals surface area contributed by atoms with E-state index < -0.39 is 5.41 Å². The van der Waals surface area contributed by atoms with E-state index >= 15 is 0 Å². The van der Waals surface area contributed by atoms with Gasteiger partial charge in [0, 0.05) is 32.3 Å².